The lowest BCUT2D eigenvalue weighted by atomic mass is 10.1. The van der Waals surface area contributed by atoms with E-state index in [-0.39, 0.29) is 5.56 Å². The molecule has 0 unspecified atom stereocenters. The molecule has 17 heavy (non-hydrogen) atoms. The molecule has 0 amide bonds. The SMILES string of the molecule is N#Cc1ccc(-c2cnc(F)c(C#N)c2)nc1. The minimum Gasteiger partial charge on any atom is -0.255 e. The summed E-state index contributed by atoms with van der Waals surface area (Å²) in [4.78, 5) is 7.51. The van der Waals surface area contributed by atoms with Crippen molar-refractivity contribution in [3.05, 3.63) is 47.7 Å². The molecule has 0 radical (unpaired) electrons. The first kappa shape index (κ1) is 10.7. The Hall–Kier alpha value is -2.79. The number of hydrogen-bond donors (Lipinski definition) is 0. The van der Waals surface area contributed by atoms with Crippen molar-refractivity contribution in [1.29, 1.82) is 10.5 Å². The van der Waals surface area contributed by atoms with Gasteiger partial charge in [-0.25, -0.2) is 4.98 Å². The lowest BCUT2D eigenvalue weighted by molar-refractivity contribution is 0.580. The second-order valence-electron chi connectivity index (χ2n) is 3.22. The van der Waals surface area contributed by atoms with Gasteiger partial charge in [-0.15, -0.1) is 0 Å². The monoisotopic (exact) mass is 224 g/mol. The van der Waals surface area contributed by atoms with Gasteiger partial charge in [-0.05, 0) is 18.2 Å². The van der Waals surface area contributed by atoms with Crippen LogP contribution in [-0.2, 0) is 0 Å². The highest BCUT2D eigenvalue weighted by atomic mass is 19.1. The van der Waals surface area contributed by atoms with E-state index in [9.17, 15) is 4.39 Å². The highest BCUT2D eigenvalue weighted by molar-refractivity contribution is 5.60. The Kier molecular flexibility index (Phi) is 2.76. The Bertz CT molecular complexity index is 635. The quantitative estimate of drug-likeness (QED) is 0.694. The van der Waals surface area contributed by atoms with E-state index in [0.29, 0.717) is 16.8 Å². The van der Waals surface area contributed by atoms with Crippen molar-refractivity contribution in [2.45, 2.75) is 0 Å². The van der Waals surface area contributed by atoms with Crippen LogP contribution in [0.25, 0.3) is 11.3 Å². The van der Waals surface area contributed by atoms with Gasteiger partial charge in [0.05, 0.1) is 11.3 Å². The Balaban J connectivity index is 2.47. The van der Waals surface area contributed by atoms with Crippen LogP contribution in [0.2, 0.25) is 0 Å². The van der Waals surface area contributed by atoms with Crippen molar-refractivity contribution >= 4 is 0 Å². The van der Waals surface area contributed by atoms with Gasteiger partial charge in [0.2, 0.25) is 5.95 Å². The summed E-state index contributed by atoms with van der Waals surface area (Å²) >= 11 is 0. The lowest BCUT2D eigenvalue weighted by Gasteiger charge is -2.00. The van der Waals surface area contributed by atoms with Gasteiger partial charge in [0.25, 0.3) is 0 Å². The van der Waals surface area contributed by atoms with E-state index in [1.807, 2.05) is 6.07 Å². The standard InChI is InChI=1S/C12H5FN4/c13-12-9(5-15)3-10(7-17-12)11-2-1-8(4-14)6-16-11/h1-3,6-7H. The summed E-state index contributed by atoms with van der Waals surface area (Å²) in [6, 6.07) is 8.24. The molecule has 0 aliphatic rings. The van der Waals surface area contributed by atoms with Gasteiger partial charge in [-0.3, -0.25) is 4.98 Å². The van der Waals surface area contributed by atoms with Gasteiger partial charge in [-0.2, -0.15) is 14.9 Å². The van der Waals surface area contributed by atoms with Crippen LogP contribution in [0.4, 0.5) is 4.39 Å². The molecule has 2 heterocycles. The Morgan fingerprint density at radius 2 is 1.88 bits per heavy atom. The average molecular weight is 224 g/mol. The number of aromatic nitrogens is 2. The number of pyridine rings is 2. The van der Waals surface area contributed by atoms with Crippen LogP contribution in [0.5, 0.6) is 0 Å². The fourth-order valence-corrected chi connectivity index (χ4v) is 1.30. The molecule has 0 aliphatic carbocycles. The third kappa shape index (κ3) is 2.09. The molecular weight excluding hydrogens is 219 g/mol. The van der Waals surface area contributed by atoms with Crippen LogP contribution in [0, 0.1) is 28.6 Å². The zero-order valence-corrected chi connectivity index (χ0v) is 8.55. The molecule has 0 spiro atoms. The first-order chi connectivity index (χ1) is 8.24. The summed E-state index contributed by atoms with van der Waals surface area (Å²) in [6.45, 7) is 0. The molecule has 2 aromatic rings. The van der Waals surface area contributed by atoms with Gasteiger partial charge in [0.1, 0.15) is 17.7 Å². The Labute approximate surface area is 96.6 Å². The maximum Gasteiger partial charge on any atom is 0.230 e. The molecule has 2 rings (SSSR count). The molecule has 0 aromatic carbocycles. The van der Waals surface area contributed by atoms with E-state index in [1.165, 1.54) is 18.5 Å². The highest BCUT2D eigenvalue weighted by Gasteiger charge is 2.06. The molecule has 0 aliphatic heterocycles. The smallest absolute Gasteiger partial charge is 0.230 e. The molecule has 4 nitrogen and oxygen atoms in total. The maximum absolute atomic E-state index is 13.0. The van der Waals surface area contributed by atoms with Crippen LogP contribution in [0.1, 0.15) is 11.1 Å². The fraction of sp³-hybridized carbons (Fsp3) is 0. The van der Waals surface area contributed by atoms with E-state index in [1.54, 1.807) is 18.2 Å². The Morgan fingerprint density at radius 3 is 2.47 bits per heavy atom. The second-order valence-corrected chi connectivity index (χ2v) is 3.22. The molecule has 0 bridgehead atoms. The van der Waals surface area contributed by atoms with E-state index in [4.69, 9.17) is 10.5 Å². The molecule has 0 saturated carbocycles. The van der Waals surface area contributed by atoms with Crippen LogP contribution in [0.15, 0.2) is 30.6 Å². The molecule has 0 fully saturated rings. The van der Waals surface area contributed by atoms with E-state index in [2.05, 4.69) is 9.97 Å². The Morgan fingerprint density at radius 1 is 1.06 bits per heavy atom. The van der Waals surface area contributed by atoms with Gasteiger partial charge in [0, 0.05) is 18.0 Å². The molecule has 80 valence electrons. The van der Waals surface area contributed by atoms with Gasteiger partial charge in [0.15, 0.2) is 0 Å². The van der Waals surface area contributed by atoms with Crippen molar-refractivity contribution in [3.8, 4) is 23.4 Å². The van der Waals surface area contributed by atoms with E-state index in [0.717, 1.165) is 0 Å². The minimum absolute atomic E-state index is 0.131. The van der Waals surface area contributed by atoms with Crippen LogP contribution in [0.3, 0.4) is 0 Å². The second kappa shape index (κ2) is 4.38. The van der Waals surface area contributed by atoms with Gasteiger partial charge >= 0.3 is 0 Å². The minimum atomic E-state index is -0.801. The van der Waals surface area contributed by atoms with E-state index < -0.39 is 5.95 Å². The number of rotatable bonds is 1. The average Bonchev–Trinajstić information content (AvgIpc) is 2.39. The molecule has 2 aromatic heterocycles. The maximum atomic E-state index is 13.0. The molecule has 0 saturated heterocycles. The third-order valence-electron chi connectivity index (χ3n) is 2.15. The summed E-state index contributed by atoms with van der Waals surface area (Å²) in [5.41, 5.74) is 1.37. The first-order valence-electron chi connectivity index (χ1n) is 4.67. The first-order valence-corrected chi connectivity index (χ1v) is 4.67. The normalized spacial score (nSPS) is 9.35. The van der Waals surface area contributed by atoms with Crippen LogP contribution >= 0.6 is 0 Å². The highest BCUT2D eigenvalue weighted by Crippen LogP contribution is 2.18. The van der Waals surface area contributed by atoms with Crippen LogP contribution < -0.4 is 0 Å². The third-order valence-corrected chi connectivity index (χ3v) is 2.15. The molecule has 5 heteroatoms. The van der Waals surface area contributed by atoms with Crippen molar-refractivity contribution in [2.75, 3.05) is 0 Å². The number of nitrogens with zero attached hydrogens (tertiary/aromatic N) is 4. The van der Waals surface area contributed by atoms with Gasteiger partial charge < -0.3 is 0 Å². The van der Waals surface area contributed by atoms with Crippen molar-refractivity contribution in [3.63, 3.8) is 0 Å². The van der Waals surface area contributed by atoms with Crippen molar-refractivity contribution in [2.24, 2.45) is 0 Å². The molecular formula is C12H5FN4. The summed E-state index contributed by atoms with van der Waals surface area (Å²) in [5.74, 6) is -0.801. The summed E-state index contributed by atoms with van der Waals surface area (Å²) < 4.78 is 13.0. The largest absolute Gasteiger partial charge is 0.255 e. The predicted molar refractivity (Wildman–Crippen MR) is 56.9 cm³/mol. The summed E-state index contributed by atoms with van der Waals surface area (Å²) in [5, 5.41) is 17.3. The number of hydrogen-bond acceptors (Lipinski definition) is 4. The fourth-order valence-electron chi connectivity index (χ4n) is 1.30. The predicted octanol–water partition coefficient (Wildman–Crippen LogP) is 2.03. The number of halogens is 1. The molecule has 0 atom stereocenters. The van der Waals surface area contributed by atoms with Crippen molar-refractivity contribution in [1.82, 2.24) is 9.97 Å². The van der Waals surface area contributed by atoms with Crippen molar-refractivity contribution < 1.29 is 4.39 Å². The van der Waals surface area contributed by atoms with Gasteiger partial charge in [-0.1, -0.05) is 0 Å². The zero-order valence-electron chi connectivity index (χ0n) is 8.55. The molecule has 0 N–H and O–H groups in total. The number of nitriles is 2. The van der Waals surface area contributed by atoms with Crippen LogP contribution in [-0.4, -0.2) is 9.97 Å². The van der Waals surface area contributed by atoms with E-state index >= 15 is 0 Å². The topological polar surface area (TPSA) is 73.4 Å². The zero-order chi connectivity index (χ0) is 12.3. The summed E-state index contributed by atoms with van der Waals surface area (Å²) in [6.07, 6.45) is 2.70. The lowest BCUT2D eigenvalue weighted by Crippen LogP contribution is -1.92. The summed E-state index contributed by atoms with van der Waals surface area (Å²) in [7, 11) is 0.